The highest BCUT2D eigenvalue weighted by molar-refractivity contribution is 5.85. The van der Waals surface area contributed by atoms with Gasteiger partial charge < -0.3 is 15.2 Å². The largest absolute Gasteiger partial charge is 0.477 e. The average Bonchev–Trinajstić information content (AvgIpc) is 2.36. The van der Waals surface area contributed by atoms with E-state index in [9.17, 15) is 9.59 Å². The number of methoxy groups -OCH3 is 1. The van der Waals surface area contributed by atoms with Gasteiger partial charge in [-0.2, -0.15) is 0 Å². The van der Waals surface area contributed by atoms with E-state index in [4.69, 9.17) is 9.84 Å². The molecule has 0 aromatic carbocycles. The quantitative estimate of drug-likeness (QED) is 0.808. The molecular weight excluding hydrogens is 248 g/mol. The minimum absolute atomic E-state index is 0.0180. The van der Waals surface area contributed by atoms with Gasteiger partial charge in [-0.1, -0.05) is 6.07 Å². The molecule has 6 nitrogen and oxygen atoms in total. The number of nitrogens with one attached hydrogen (secondary N) is 1. The monoisotopic (exact) mass is 266 g/mol. The predicted octanol–water partition coefficient (Wildman–Crippen LogP) is 1.21. The number of carboxylic acid groups (broad SMARTS) is 1. The summed E-state index contributed by atoms with van der Waals surface area (Å²) < 4.78 is 5.16. The molecule has 0 saturated carbocycles. The first-order valence-corrected chi connectivity index (χ1v) is 5.84. The lowest BCUT2D eigenvalue weighted by Gasteiger charge is -2.21. The Labute approximate surface area is 111 Å². The fraction of sp³-hybridized carbons (Fsp3) is 0.462. The molecule has 0 aliphatic carbocycles. The Kier molecular flexibility index (Phi) is 5.00. The molecule has 0 atom stereocenters. The number of rotatable bonds is 6. The smallest absolute Gasteiger partial charge is 0.354 e. The Morgan fingerprint density at radius 3 is 2.58 bits per heavy atom. The molecule has 0 unspecified atom stereocenters. The summed E-state index contributed by atoms with van der Waals surface area (Å²) in [5.74, 6) is -1.20. The third-order valence-electron chi connectivity index (χ3n) is 2.67. The van der Waals surface area contributed by atoms with E-state index in [0.717, 1.165) is 5.56 Å². The van der Waals surface area contributed by atoms with Crippen LogP contribution < -0.4 is 5.32 Å². The van der Waals surface area contributed by atoms with Crippen LogP contribution in [-0.2, 0) is 16.1 Å². The van der Waals surface area contributed by atoms with Crippen molar-refractivity contribution in [2.45, 2.75) is 32.4 Å². The average molecular weight is 266 g/mol. The number of amides is 1. The lowest BCUT2D eigenvalue weighted by molar-refractivity contribution is -0.126. The molecule has 1 amide bonds. The summed E-state index contributed by atoms with van der Waals surface area (Å²) in [5.41, 5.74) is 0.222. The molecule has 0 spiro atoms. The summed E-state index contributed by atoms with van der Waals surface area (Å²) in [5, 5.41) is 11.4. The van der Waals surface area contributed by atoms with Gasteiger partial charge in [0.25, 0.3) is 0 Å². The van der Waals surface area contributed by atoms with E-state index in [-0.39, 0.29) is 18.0 Å². The number of pyridine rings is 1. The number of hydrogen-bond acceptors (Lipinski definition) is 4. The van der Waals surface area contributed by atoms with Gasteiger partial charge in [0.05, 0.1) is 12.0 Å². The highest BCUT2D eigenvalue weighted by Gasteiger charge is 2.20. The van der Waals surface area contributed by atoms with Gasteiger partial charge in [0.15, 0.2) is 0 Å². The van der Waals surface area contributed by atoms with Crippen molar-refractivity contribution < 1.29 is 19.4 Å². The lowest BCUT2D eigenvalue weighted by atomic mass is 10.0. The van der Waals surface area contributed by atoms with Crippen molar-refractivity contribution >= 4 is 11.9 Å². The van der Waals surface area contributed by atoms with E-state index in [0.29, 0.717) is 6.54 Å². The van der Waals surface area contributed by atoms with E-state index >= 15 is 0 Å². The number of aromatic carboxylic acids is 1. The third-order valence-corrected chi connectivity index (χ3v) is 2.67. The van der Waals surface area contributed by atoms with Gasteiger partial charge in [0.2, 0.25) is 5.91 Å². The summed E-state index contributed by atoms with van der Waals surface area (Å²) in [4.78, 5) is 26.1. The molecule has 0 radical (unpaired) electrons. The summed E-state index contributed by atoms with van der Waals surface area (Å²) in [6.45, 7) is 3.97. The zero-order chi connectivity index (χ0) is 14.5. The van der Waals surface area contributed by atoms with Crippen molar-refractivity contribution in [2.24, 2.45) is 0 Å². The van der Waals surface area contributed by atoms with Crippen LogP contribution in [0.4, 0.5) is 0 Å². The number of aromatic nitrogens is 1. The van der Waals surface area contributed by atoms with Crippen LogP contribution in [-0.4, -0.2) is 34.7 Å². The highest BCUT2D eigenvalue weighted by atomic mass is 16.5. The Hall–Kier alpha value is -1.95. The SMILES string of the molecule is COC(C)(C)CC(=O)NCc1ccc(C(=O)O)nc1. The van der Waals surface area contributed by atoms with Crippen molar-refractivity contribution in [3.8, 4) is 0 Å². The number of nitrogens with zero attached hydrogens (tertiary/aromatic N) is 1. The molecule has 104 valence electrons. The van der Waals surface area contributed by atoms with Crippen LogP contribution in [0.2, 0.25) is 0 Å². The molecule has 2 N–H and O–H groups in total. The van der Waals surface area contributed by atoms with Crippen LogP contribution in [0.25, 0.3) is 0 Å². The van der Waals surface area contributed by atoms with Crippen molar-refractivity contribution in [3.63, 3.8) is 0 Å². The molecule has 1 heterocycles. The molecular formula is C13H18N2O4. The zero-order valence-corrected chi connectivity index (χ0v) is 11.3. The molecule has 6 heteroatoms. The normalized spacial score (nSPS) is 11.1. The summed E-state index contributed by atoms with van der Waals surface area (Å²) in [7, 11) is 1.56. The fourth-order valence-corrected chi connectivity index (χ4v) is 1.38. The van der Waals surface area contributed by atoms with Crippen LogP contribution >= 0.6 is 0 Å². The first kappa shape index (κ1) is 15.1. The van der Waals surface area contributed by atoms with Crippen molar-refractivity contribution in [2.75, 3.05) is 7.11 Å². The number of ether oxygens (including phenoxy) is 1. The van der Waals surface area contributed by atoms with Crippen LogP contribution in [0.1, 0.15) is 36.3 Å². The Balaban J connectivity index is 2.48. The van der Waals surface area contributed by atoms with E-state index in [1.54, 1.807) is 13.2 Å². The molecule has 0 fully saturated rings. The Morgan fingerprint density at radius 2 is 2.11 bits per heavy atom. The van der Waals surface area contributed by atoms with E-state index in [1.165, 1.54) is 12.3 Å². The van der Waals surface area contributed by atoms with E-state index in [2.05, 4.69) is 10.3 Å². The summed E-state index contributed by atoms with van der Waals surface area (Å²) in [6.07, 6.45) is 1.69. The predicted molar refractivity (Wildman–Crippen MR) is 68.7 cm³/mol. The molecule has 0 saturated heterocycles. The second-order valence-electron chi connectivity index (χ2n) is 4.77. The fourth-order valence-electron chi connectivity index (χ4n) is 1.38. The number of hydrogen-bond donors (Lipinski definition) is 2. The number of carbonyl (C=O) groups excluding carboxylic acids is 1. The third kappa shape index (κ3) is 5.05. The van der Waals surface area contributed by atoms with Crippen molar-refractivity contribution in [1.29, 1.82) is 0 Å². The minimum Gasteiger partial charge on any atom is -0.477 e. The number of carbonyl (C=O) groups is 2. The Bertz CT molecular complexity index is 454. The standard InChI is InChI=1S/C13H18N2O4/c1-13(2,19-3)6-11(16)15-8-9-4-5-10(12(17)18)14-7-9/h4-5,7H,6,8H2,1-3H3,(H,15,16)(H,17,18). The summed E-state index contributed by atoms with van der Waals surface area (Å²) >= 11 is 0. The molecule has 1 aromatic heterocycles. The van der Waals surface area contributed by atoms with Gasteiger partial charge >= 0.3 is 5.97 Å². The van der Waals surface area contributed by atoms with Crippen LogP contribution in [0.15, 0.2) is 18.3 Å². The van der Waals surface area contributed by atoms with Gasteiger partial charge in [0.1, 0.15) is 5.69 Å². The number of carboxylic acids is 1. The van der Waals surface area contributed by atoms with Crippen molar-refractivity contribution in [3.05, 3.63) is 29.6 Å². The summed E-state index contributed by atoms with van der Waals surface area (Å²) in [6, 6.07) is 3.03. The van der Waals surface area contributed by atoms with Gasteiger partial charge in [-0.15, -0.1) is 0 Å². The van der Waals surface area contributed by atoms with E-state index < -0.39 is 11.6 Å². The highest BCUT2D eigenvalue weighted by Crippen LogP contribution is 2.12. The van der Waals surface area contributed by atoms with Gasteiger partial charge in [-0.05, 0) is 25.5 Å². The molecule has 0 aliphatic heterocycles. The lowest BCUT2D eigenvalue weighted by Crippen LogP contribution is -2.33. The topological polar surface area (TPSA) is 88.5 Å². The van der Waals surface area contributed by atoms with Crippen LogP contribution in [0, 0.1) is 0 Å². The minimum atomic E-state index is -1.07. The molecule has 19 heavy (non-hydrogen) atoms. The first-order valence-electron chi connectivity index (χ1n) is 5.84. The molecule has 0 aliphatic rings. The van der Waals surface area contributed by atoms with Gasteiger partial charge in [-0.3, -0.25) is 4.79 Å². The molecule has 1 rings (SSSR count). The van der Waals surface area contributed by atoms with Gasteiger partial charge in [0, 0.05) is 19.9 Å². The first-order chi connectivity index (χ1) is 8.84. The second-order valence-corrected chi connectivity index (χ2v) is 4.77. The maximum atomic E-state index is 11.7. The van der Waals surface area contributed by atoms with Gasteiger partial charge in [-0.25, -0.2) is 9.78 Å². The molecule has 0 bridgehead atoms. The second kappa shape index (κ2) is 6.29. The maximum Gasteiger partial charge on any atom is 0.354 e. The van der Waals surface area contributed by atoms with Crippen molar-refractivity contribution in [1.82, 2.24) is 10.3 Å². The molecule has 1 aromatic rings. The maximum absolute atomic E-state index is 11.7. The van der Waals surface area contributed by atoms with E-state index in [1.807, 2.05) is 13.8 Å². The van der Waals surface area contributed by atoms with Crippen LogP contribution in [0.5, 0.6) is 0 Å². The van der Waals surface area contributed by atoms with Crippen LogP contribution in [0.3, 0.4) is 0 Å². The zero-order valence-electron chi connectivity index (χ0n) is 11.3. The Morgan fingerprint density at radius 1 is 1.42 bits per heavy atom.